The van der Waals surface area contributed by atoms with Gasteiger partial charge in [0.2, 0.25) is 41.4 Å². The summed E-state index contributed by atoms with van der Waals surface area (Å²) in [4.78, 5) is 139. The molecule has 10 unspecified atom stereocenters. The van der Waals surface area contributed by atoms with Crippen LogP contribution in [0.5, 0.6) is 5.75 Å². The first-order valence-electron chi connectivity index (χ1n) is 25.3. The highest BCUT2D eigenvalue weighted by Gasteiger charge is 2.41. The van der Waals surface area contributed by atoms with E-state index in [0.717, 1.165) is 11.1 Å². The summed E-state index contributed by atoms with van der Waals surface area (Å²) >= 11 is 6.08. The minimum atomic E-state index is -1.88. The van der Waals surface area contributed by atoms with Gasteiger partial charge in [-0.25, -0.2) is 4.79 Å². The summed E-state index contributed by atoms with van der Waals surface area (Å²) in [6.07, 6.45) is 2.04. The molecule has 0 radical (unpaired) electrons. The van der Waals surface area contributed by atoms with Crippen molar-refractivity contribution in [2.75, 3.05) is 33.9 Å². The number of carbonyl (C=O) groups is 10. The van der Waals surface area contributed by atoms with Gasteiger partial charge in [-0.2, -0.15) is 4.73 Å². The standard InChI is InChI=1S/C54H70ClN9O15/c1-10-30(3)42-49(70)62-45(36-17-19-37(77-9)20-18-36)53(74)63(8)40(26-35-14-12-11-13-15-35)48(69)60-43(33(6)66)50(71)58-39(28-78-25-23-29(2)16-21-41(67)56-27-31(4)65)54(75)79-34(7)44(51(72)59-42)61-47(68)32(5)57-52(73)46-38(55)22-24-64(46)76/h11-24,30,32-34,39-40,42-45,66,76H,10,25-28H2,1-9H3,(H,56,67)(H,57,73)(H,58,71)(H,59,72)(H,60,69)(H,61,68)(H,62,70)/b21-16+,29-23+. The molecule has 1 aromatic heterocycles. The maximum Gasteiger partial charge on any atom is 0.331 e. The number of ketones is 1. The van der Waals surface area contributed by atoms with Crippen LogP contribution >= 0.6 is 11.6 Å². The van der Waals surface area contributed by atoms with Gasteiger partial charge in [-0.05, 0) is 69.9 Å². The first-order valence-corrected chi connectivity index (χ1v) is 25.7. The quantitative estimate of drug-likeness (QED) is 0.0266. The number of halogens is 1. The third kappa shape index (κ3) is 18.5. The van der Waals surface area contributed by atoms with E-state index in [9.17, 15) is 53.5 Å². The lowest BCUT2D eigenvalue weighted by Crippen LogP contribution is -2.61. The summed E-state index contributed by atoms with van der Waals surface area (Å²) in [7, 11) is 2.75. The van der Waals surface area contributed by atoms with Gasteiger partial charge >= 0.3 is 5.97 Å². The van der Waals surface area contributed by atoms with Gasteiger partial charge in [-0.1, -0.05) is 92.1 Å². The number of benzene rings is 2. The smallest absolute Gasteiger partial charge is 0.331 e. The Morgan fingerprint density at radius 3 is 2.10 bits per heavy atom. The number of likely N-dealkylation sites (N-methyl/N-ethyl adjacent to an activating group) is 1. The van der Waals surface area contributed by atoms with Crippen molar-refractivity contribution in [1.29, 1.82) is 0 Å². The molecule has 1 aliphatic rings. The van der Waals surface area contributed by atoms with E-state index in [2.05, 4.69) is 37.2 Å². The minimum absolute atomic E-state index is 0.137. The summed E-state index contributed by atoms with van der Waals surface area (Å²) in [6.45, 7) is 8.91. The number of aliphatic hydroxyl groups is 1. The molecule has 8 amide bonds. The van der Waals surface area contributed by atoms with E-state index in [1.807, 2.05) is 0 Å². The van der Waals surface area contributed by atoms with Gasteiger partial charge in [0.25, 0.3) is 5.91 Å². The zero-order chi connectivity index (χ0) is 58.7. The van der Waals surface area contributed by atoms with Crippen LogP contribution in [0.1, 0.15) is 82.5 Å². The number of hydrogen-bond acceptors (Lipinski definition) is 15. The van der Waals surface area contributed by atoms with E-state index >= 15 is 4.79 Å². The Kier molecular flexibility index (Phi) is 24.2. The highest BCUT2D eigenvalue weighted by atomic mass is 35.5. The van der Waals surface area contributed by atoms with Crippen LogP contribution in [0.15, 0.2) is 90.7 Å². The van der Waals surface area contributed by atoms with Crippen molar-refractivity contribution in [3.05, 3.63) is 113 Å². The molecule has 4 rings (SSSR count). The number of carbonyl (C=O) groups excluding carboxylic acids is 10. The Hall–Kier alpha value is -8.09. The molecule has 0 saturated carbocycles. The maximum atomic E-state index is 15.0. The van der Waals surface area contributed by atoms with E-state index in [1.54, 1.807) is 63.2 Å². The molecule has 428 valence electrons. The molecule has 3 aromatic rings. The number of allylic oxidation sites excluding steroid dienone is 2. The molecule has 25 heteroatoms. The van der Waals surface area contributed by atoms with Crippen LogP contribution in [0.2, 0.25) is 5.02 Å². The first-order chi connectivity index (χ1) is 37.4. The summed E-state index contributed by atoms with van der Waals surface area (Å²) in [5.74, 6) is -9.19. The largest absolute Gasteiger partial charge is 0.497 e. The van der Waals surface area contributed by atoms with E-state index in [0.29, 0.717) is 21.6 Å². The van der Waals surface area contributed by atoms with Crippen molar-refractivity contribution in [1.82, 2.24) is 46.8 Å². The Morgan fingerprint density at radius 2 is 1.51 bits per heavy atom. The Morgan fingerprint density at radius 1 is 0.861 bits per heavy atom. The topological polar surface area (TPSA) is 331 Å². The molecule has 10 atom stereocenters. The van der Waals surface area contributed by atoms with Gasteiger partial charge < -0.3 is 66.6 Å². The third-order valence-electron chi connectivity index (χ3n) is 12.8. The third-order valence-corrected chi connectivity index (χ3v) is 13.1. The summed E-state index contributed by atoms with van der Waals surface area (Å²) in [5, 5.41) is 38.7. The number of aliphatic hydroxyl groups excluding tert-OH is 1. The SMILES string of the molecule is CCC(C)C1NC(=O)C(NC(=O)C(C)NC(=O)c2c(Cl)ccn2O)C(C)OC(=O)C(COC/C=C(C)/C=C/C(=O)NCC(C)=O)NC(=O)C(C(C)O)NC(=O)C(Cc2ccccc2)N(C)C(=O)C(c2ccc(OC)cc2)NC1=O. The van der Waals surface area contributed by atoms with Gasteiger partial charge in [-0.3, -0.25) is 43.2 Å². The number of ether oxygens (including phenoxy) is 3. The second-order valence-corrected chi connectivity index (χ2v) is 19.4. The zero-order valence-corrected chi connectivity index (χ0v) is 46.1. The molecule has 24 nitrogen and oxygen atoms in total. The predicted octanol–water partition coefficient (Wildman–Crippen LogP) is 0.969. The highest BCUT2D eigenvalue weighted by molar-refractivity contribution is 6.33. The Labute approximate surface area is 462 Å². The molecule has 79 heavy (non-hydrogen) atoms. The minimum Gasteiger partial charge on any atom is -0.497 e. The van der Waals surface area contributed by atoms with Crippen LogP contribution in [-0.4, -0.2) is 161 Å². The van der Waals surface area contributed by atoms with Crippen LogP contribution < -0.4 is 42.0 Å². The molecular formula is C54H70ClN9O15. The van der Waals surface area contributed by atoms with Gasteiger partial charge in [0, 0.05) is 25.7 Å². The molecule has 1 saturated heterocycles. The molecule has 0 spiro atoms. The van der Waals surface area contributed by atoms with Crippen molar-refractivity contribution in [3.63, 3.8) is 0 Å². The monoisotopic (exact) mass is 1120 g/mol. The lowest BCUT2D eigenvalue weighted by atomic mass is 9.96. The van der Waals surface area contributed by atoms with Gasteiger partial charge in [0.15, 0.2) is 11.7 Å². The van der Waals surface area contributed by atoms with E-state index in [4.69, 9.17) is 25.8 Å². The molecule has 2 heterocycles. The number of methoxy groups -OCH3 is 1. The van der Waals surface area contributed by atoms with Crippen molar-refractivity contribution >= 4 is 70.6 Å². The molecule has 0 aliphatic carbocycles. The maximum absolute atomic E-state index is 15.0. The van der Waals surface area contributed by atoms with Crippen LogP contribution in [-0.2, 0) is 59.0 Å². The van der Waals surface area contributed by atoms with Crippen molar-refractivity contribution in [2.45, 2.75) is 116 Å². The lowest BCUT2D eigenvalue weighted by Gasteiger charge is -2.34. The first kappa shape index (κ1) is 63.4. The molecule has 1 fully saturated rings. The average Bonchev–Trinajstić information content (AvgIpc) is 3.77. The molecule has 9 N–H and O–H groups in total. The highest BCUT2D eigenvalue weighted by Crippen LogP contribution is 2.24. The number of nitrogens with zero attached hydrogens (tertiary/aromatic N) is 2. The number of Topliss-reactive ketones (excluding diaryl/α,β-unsaturated/α-hetero) is 1. The van der Waals surface area contributed by atoms with E-state index < -0.39 is 126 Å². The summed E-state index contributed by atoms with van der Waals surface area (Å²) < 4.78 is 17.4. The van der Waals surface area contributed by atoms with Crippen molar-refractivity contribution < 1.29 is 72.5 Å². The summed E-state index contributed by atoms with van der Waals surface area (Å²) in [5.41, 5.74) is 0.902. The molecular weight excluding hydrogens is 1050 g/mol. The van der Waals surface area contributed by atoms with Crippen LogP contribution in [0.25, 0.3) is 0 Å². The number of amides is 8. The van der Waals surface area contributed by atoms with Crippen LogP contribution in [0.3, 0.4) is 0 Å². The summed E-state index contributed by atoms with van der Waals surface area (Å²) in [6, 6.07) is 4.57. The fourth-order valence-electron chi connectivity index (χ4n) is 7.82. The van der Waals surface area contributed by atoms with Gasteiger partial charge in [0.05, 0.1) is 38.0 Å². The number of esters is 1. The molecule has 2 aromatic carbocycles. The normalized spacial score (nSPS) is 22.3. The van der Waals surface area contributed by atoms with E-state index in [1.165, 1.54) is 78.3 Å². The molecule has 0 bridgehead atoms. The second kappa shape index (κ2) is 30.2. The van der Waals surface area contributed by atoms with Crippen molar-refractivity contribution in [3.8, 4) is 5.75 Å². The van der Waals surface area contributed by atoms with E-state index in [-0.39, 0.29) is 42.4 Å². The van der Waals surface area contributed by atoms with Crippen molar-refractivity contribution in [2.24, 2.45) is 5.92 Å². The number of rotatable bonds is 19. The zero-order valence-electron chi connectivity index (χ0n) is 45.4. The van der Waals surface area contributed by atoms with Gasteiger partial charge in [0.1, 0.15) is 53.9 Å². The Bertz CT molecular complexity index is 2710. The average molecular weight is 1120 g/mol. The number of nitrogens with one attached hydrogen (secondary N) is 7. The fraction of sp³-hybridized carbons (Fsp3) is 0.444. The number of aromatic nitrogens is 1. The lowest BCUT2D eigenvalue weighted by molar-refractivity contribution is -0.158. The van der Waals surface area contributed by atoms with Crippen LogP contribution in [0.4, 0.5) is 0 Å². The number of hydrogen-bond donors (Lipinski definition) is 9. The fourth-order valence-corrected chi connectivity index (χ4v) is 8.05. The van der Waals surface area contributed by atoms with Crippen LogP contribution in [0, 0.1) is 5.92 Å². The molecule has 1 aliphatic heterocycles. The second-order valence-electron chi connectivity index (χ2n) is 18.9. The predicted molar refractivity (Wildman–Crippen MR) is 286 cm³/mol. The van der Waals surface area contributed by atoms with Gasteiger partial charge in [-0.15, -0.1) is 0 Å². The number of cyclic esters (lactones) is 1. The Balaban J connectivity index is 1.85.